The largest absolute Gasteiger partial charge is 0.406 e. The number of nitrogens with zero attached hydrogens (tertiary/aromatic N) is 4. The van der Waals surface area contributed by atoms with Crippen molar-refractivity contribution in [2.75, 3.05) is 5.32 Å². The lowest BCUT2D eigenvalue weighted by Crippen LogP contribution is -2.35. The van der Waals surface area contributed by atoms with E-state index >= 15 is 0 Å². The summed E-state index contributed by atoms with van der Waals surface area (Å²) in [5, 5.41) is 18.8. The van der Waals surface area contributed by atoms with Gasteiger partial charge in [-0.2, -0.15) is 5.10 Å². The normalized spacial score (nSPS) is 11.8. The molecule has 2 heterocycles. The number of aromatic nitrogens is 4. The van der Waals surface area contributed by atoms with Crippen molar-refractivity contribution < 1.29 is 4.42 Å². The lowest BCUT2D eigenvalue weighted by Gasteiger charge is -2.18. The summed E-state index contributed by atoms with van der Waals surface area (Å²) < 4.78 is 7.32. The van der Waals surface area contributed by atoms with Crippen molar-refractivity contribution in [3.8, 4) is 0 Å². The van der Waals surface area contributed by atoms with Gasteiger partial charge >= 0.3 is 6.01 Å². The summed E-state index contributed by atoms with van der Waals surface area (Å²) in [5.41, 5.74) is 1.88. The molecule has 20 heavy (non-hydrogen) atoms. The summed E-state index contributed by atoms with van der Waals surface area (Å²) in [5.74, 6) is 0.560. The van der Waals surface area contributed by atoms with Gasteiger partial charge in [0, 0.05) is 18.8 Å². The molecule has 0 saturated carbocycles. The maximum atomic E-state index is 5.56. The minimum Gasteiger partial charge on any atom is -0.406 e. The lowest BCUT2D eigenvalue weighted by molar-refractivity contribution is 0.384. The van der Waals surface area contributed by atoms with Crippen LogP contribution in [0.15, 0.2) is 10.6 Å². The van der Waals surface area contributed by atoms with Crippen molar-refractivity contribution in [2.45, 2.75) is 46.2 Å². The third kappa shape index (κ3) is 3.80. The van der Waals surface area contributed by atoms with Crippen molar-refractivity contribution in [1.82, 2.24) is 25.3 Å². The standard InChI is InChI=1S/C13H22N6O/c1-6-9-10(8-19(5)18-9)15-12-17-16-11(20-12)7-14-13(2,3)4/h8,14H,6-7H2,1-5H3,(H,15,17). The second kappa shape index (κ2) is 5.62. The van der Waals surface area contributed by atoms with Gasteiger partial charge in [-0.3, -0.25) is 4.68 Å². The molecule has 2 N–H and O–H groups in total. The summed E-state index contributed by atoms with van der Waals surface area (Å²) >= 11 is 0. The molecule has 0 spiro atoms. The molecule has 2 aromatic rings. The molecule has 7 nitrogen and oxygen atoms in total. The molecule has 0 unspecified atom stereocenters. The Morgan fingerprint density at radius 2 is 2.05 bits per heavy atom. The van der Waals surface area contributed by atoms with Crippen LogP contribution in [-0.2, 0) is 20.0 Å². The Morgan fingerprint density at radius 1 is 1.30 bits per heavy atom. The van der Waals surface area contributed by atoms with E-state index in [4.69, 9.17) is 4.42 Å². The number of aryl methyl sites for hydroxylation is 2. The first-order valence-electron chi connectivity index (χ1n) is 6.74. The molecule has 0 amide bonds. The molecular weight excluding hydrogens is 256 g/mol. The molecule has 0 aliphatic rings. The van der Waals surface area contributed by atoms with Crippen LogP contribution in [0.4, 0.5) is 11.7 Å². The number of rotatable bonds is 5. The Kier molecular flexibility index (Phi) is 4.08. The van der Waals surface area contributed by atoms with Gasteiger partial charge in [0.1, 0.15) is 0 Å². The van der Waals surface area contributed by atoms with Crippen LogP contribution >= 0.6 is 0 Å². The molecule has 0 aromatic carbocycles. The fraction of sp³-hybridized carbons (Fsp3) is 0.615. The quantitative estimate of drug-likeness (QED) is 0.870. The number of nitrogens with one attached hydrogen (secondary N) is 2. The van der Waals surface area contributed by atoms with E-state index in [1.165, 1.54) is 0 Å². The van der Waals surface area contributed by atoms with Gasteiger partial charge in [-0.1, -0.05) is 12.0 Å². The third-order valence-electron chi connectivity index (χ3n) is 2.72. The smallest absolute Gasteiger partial charge is 0.320 e. The zero-order chi connectivity index (χ0) is 14.8. The van der Waals surface area contributed by atoms with Gasteiger partial charge in [-0.05, 0) is 27.2 Å². The Hall–Kier alpha value is -1.89. The summed E-state index contributed by atoms with van der Waals surface area (Å²) in [6.45, 7) is 8.87. The van der Waals surface area contributed by atoms with Crippen LogP contribution < -0.4 is 10.6 Å². The SMILES string of the molecule is CCc1nn(C)cc1Nc1nnc(CNC(C)(C)C)o1. The van der Waals surface area contributed by atoms with Gasteiger partial charge in [0.2, 0.25) is 5.89 Å². The summed E-state index contributed by atoms with van der Waals surface area (Å²) in [4.78, 5) is 0. The average Bonchev–Trinajstić information content (AvgIpc) is 2.93. The summed E-state index contributed by atoms with van der Waals surface area (Å²) in [6.07, 6.45) is 2.74. The Balaban J connectivity index is 2.02. The molecule has 0 atom stereocenters. The maximum absolute atomic E-state index is 5.56. The molecule has 0 aliphatic carbocycles. The van der Waals surface area contributed by atoms with Gasteiger partial charge in [0.25, 0.3) is 0 Å². The van der Waals surface area contributed by atoms with Gasteiger partial charge in [0.15, 0.2) is 0 Å². The van der Waals surface area contributed by atoms with E-state index in [2.05, 4.69) is 53.6 Å². The summed E-state index contributed by atoms with van der Waals surface area (Å²) in [6, 6.07) is 0.387. The van der Waals surface area contributed by atoms with Crippen molar-refractivity contribution in [3.63, 3.8) is 0 Å². The molecule has 0 bridgehead atoms. The molecule has 2 rings (SSSR count). The molecule has 0 fully saturated rings. The number of hydrogen-bond donors (Lipinski definition) is 2. The first-order valence-corrected chi connectivity index (χ1v) is 6.74. The van der Waals surface area contributed by atoms with Crippen LogP contribution in [0, 0.1) is 0 Å². The first kappa shape index (κ1) is 14.5. The minimum atomic E-state index is 0.0147. The second-order valence-corrected chi connectivity index (χ2v) is 5.75. The van der Waals surface area contributed by atoms with Crippen LogP contribution in [0.3, 0.4) is 0 Å². The summed E-state index contributed by atoms with van der Waals surface area (Å²) in [7, 11) is 1.89. The van der Waals surface area contributed by atoms with Gasteiger partial charge in [0.05, 0.1) is 17.9 Å². The highest BCUT2D eigenvalue weighted by Gasteiger charge is 2.13. The van der Waals surface area contributed by atoms with Crippen molar-refractivity contribution in [1.29, 1.82) is 0 Å². The highest BCUT2D eigenvalue weighted by atomic mass is 16.4. The Labute approximate surface area is 118 Å². The molecule has 0 radical (unpaired) electrons. The van der Waals surface area contributed by atoms with E-state index in [-0.39, 0.29) is 5.54 Å². The zero-order valence-electron chi connectivity index (χ0n) is 12.7. The van der Waals surface area contributed by atoms with Crippen LogP contribution in [0.2, 0.25) is 0 Å². The Morgan fingerprint density at radius 3 is 2.70 bits per heavy atom. The predicted molar refractivity (Wildman–Crippen MR) is 76.8 cm³/mol. The van der Waals surface area contributed by atoms with Crippen LogP contribution in [-0.4, -0.2) is 25.5 Å². The maximum Gasteiger partial charge on any atom is 0.320 e. The Bertz CT molecular complexity index is 566. The first-order chi connectivity index (χ1) is 9.37. The molecule has 0 aliphatic heterocycles. The molecule has 0 saturated heterocycles. The molecular formula is C13H22N6O. The topological polar surface area (TPSA) is 80.8 Å². The molecule has 110 valence electrons. The average molecular weight is 278 g/mol. The van der Waals surface area contributed by atoms with Gasteiger partial charge in [-0.15, -0.1) is 5.10 Å². The molecule has 7 heteroatoms. The number of anilines is 2. The van der Waals surface area contributed by atoms with E-state index < -0.39 is 0 Å². The van der Waals surface area contributed by atoms with Crippen LogP contribution in [0.1, 0.15) is 39.3 Å². The second-order valence-electron chi connectivity index (χ2n) is 5.75. The minimum absolute atomic E-state index is 0.0147. The number of hydrogen-bond acceptors (Lipinski definition) is 6. The van der Waals surface area contributed by atoms with Gasteiger partial charge in [-0.25, -0.2) is 0 Å². The fourth-order valence-electron chi connectivity index (χ4n) is 1.73. The van der Waals surface area contributed by atoms with E-state index in [1.807, 2.05) is 13.2 Å². The van der Waals surface area contributed by atoms with Gasteiger partial charge < -0.3 is 15.1 Å². The van der Waals surface area contributed by atoms with Crippen molar-refractivity contribution in [3.05, 3.63) is 17.8 Å². The molecule has 2 aromatic heterocycles. The van der Waals surface area contributed by atoms with E-state index in [0.29, 0.717) is 18.5 Å². The third-order valence-corrected chi connectivity index (χ3v) is 2.72. The highest BCUT2D eigenvalue weighted by Crippen LogP contribution is 2.19. The van der Waals surface area contributed by atoms with E-state index in [1.54, 1.807) is 4.68 Å². The van der Waals surface area contributed by atoms with Crippen LogP contribution in [0.5, 0.6) is 0 Å². The lowest BCUT2D eigenvalue weighted by atomic mass is 10.1. The van der Waals surface area contributed by atoms with Crippen LogP contribution in [0.25, 0.3) is 0 Å². The van der Waals surface area contributed by atoms with E-state index in [9.17, 15) is 0 Å². The zero-order valence-corrected chi connectivity index (χ0v) is 12.7. The predicted octanol–water partition coefficient (Wildman–Crippen LogP) is 2.00. The fourth-order valence-corrected chi connectivity index (χ4v) is 1.73. The monoisotopic (exact) mass is 278 g/mol. The highest BCUT2D eigenvalue weighted by molar-refractivity contribution is 5.54. The van der Waals surface area contributed by atoms with Crippen molar-refractivity contribution >= 4 is 11.7 Å². The van der Waals surface area contributed by atoms with Crippen molar-refractivity contribution in [2.24, 2.45) is 7.05 Å². The van der Waals surface area contributed by atoms with E-state index in [0.717, 1.165) is 17.8 Å².